The van der Waals surface area contributed by atoms with Crippen LogP contribution in [0.1, 0.15) is 336 Å². The van der Waals surface area contributed by atoms with Crippen LogP contribution in [0.4, 0.5) is 0 Å². The SMILES string of the molecule is CC/C=C\C/C=C\C/C=C\CCCCCCCCCC(=O)OCC(COP(=O)(O)OCC(O)COP(=O)(O)OCC(COC(=O)CCCCCCCC/C=C\C/C=C\C/C=C\CCCCC)OC(=O)CCCCCCCCCCCCC)OC(=O)CCCCCCC/C=C\CCCC. The maximum atomic E-state index is 13.1. The molecule has 0 saturated carbocycles. The van der Waals surface area contributed by atoms with E-state index in [-0.39, 0.29) is 25.7 Å². The first-order chi connectivity index (χ1) is 47.7. The Morgan fingerprint density at radius 3 is 0.878 bits per heavy atom. The molecule has 0 saturated heterocycles. The second-order valence-corrected chi connectivity index (χ2v) is 28.8. The number of ether oxygens (including phenoxy) is 4. The topological polar surface area (TPSA) is 237 Å². The molecule has 0 aliphatic carbocycles. The second kappa shape index (κ2) is 71.6. The number of aliphatic hydroxyl groups is 1. The highest BCUT2D eigenvalue weighted by atomic mass is 31.2. The fourth-order valence-electron chi connectivity index (χ4n) is 10.4. The Morgan fingerprint density at radius 1 is 0.296 bits per heavy atom. The molecule has 0 radical (unpaired) electrons. The van der Waals surface area contributed by atoms with Gasteiger partial charge < -0.3 is 33.8 Å². The van der Waals surface area contributed by atoms with Gasteiger partial charge in [-0.1, -0.05) is 280 Å². The minimum Gasteiger partial charge on any atom is -0.462 e. The van der Waals surface area contributed by atoms with Gasteiger partial charge >= 0.3 is 39.5 Å². The Kier molecular flexibility index (Phi) is 68.9. The first kappa shape index (κ1) is 94.2. The maximum Gasteiger partial charge on any atom is 0.472 e. The van der Waals surface area contributed by atoms with E-state index in [2.05, 4.69) is 113 Å². The largest absolute Gasteiger partial charge is 0.472 e. The zero-order chi connectivity index (χ0) is 71.8. The number of carbonyl (C=O) groups is 4. The van der Waals surface area contributed by atoms with Crippen LogP contribution < -0.4 is 0 Å². The lowest BCUT2D eigenvalue weighted by Crippen LogP contribution is -2.30. The molecule has 0 fully saturated rings. The summed E-state index contributed by atoms with van der Waals surface area (Å²) in [4.78, 5) is 72.8. The molecule has 3 N–H and O–H groups in total. The van der Waals surface area contributed by atoms with Crippen LogP contribution in [0.15, 0.2) is 85.1 Å². The van der Waals surface area contributed by atoms with Gasteiger partial charge in [-0.25, -0.2) is 9.13 Å². The average molecular weight is 1420 g/mol. The van der Waals surface area contributed by atoms with Gasteiger partial charge in [0.25, 0.3) is 0 Å². The van der Waals surface area contributed by atoms with E-state index in [1.54, 1.807) is 0 Å². The summed E-state index contributed by atoms with van der Waals surface area (Å²) in [5.74, 6) is -2.19. The molecular weight excluding hydrogens is 1280 g/mol. The number of carbonyl (C=O) groups excluding carboxylic acids is 4. The quantitative estimate of drug-likeness (QED) is 0.0169. The van der Waals surface area contributed by atoms with Crippen LogP contribution >= 0.6 is 15.6 Å². The Balaban J connectivity index is 5.27. The monoisotopic (exact) mass is 1420 g/mol. The van der Waals surface area contributed by atoms with E-state index < -0.39 is 97.5 Å². The van der Waals surface area contributed by atoms with E-state index in [1.165, 1.54) is 70.6 Å². The summed E-state index contributed by atoms with van der Waals surface area (Å²) in [6.07, 6.45) is 72.9. The lowest BCUT2D eigenvalue weighted by molar-refractivity contribution is -0.161. The molecule has 19 heteroatoms. The number of aliphatic hydroxyl groups excluding tert-OH is 1. The van der Waals surface area contributed by atoms with Crippen LogP contribution in [0.3, 0.4) is 0 Å². The van der Waals surface area contributed by atoms with Crippen molar-refractivity contribution in [2.75, 3.05) is 39.6 Å². The van der Waals surface area contributed by atoms with Gasteiger partial charge in [-0.3, -0.25) is 37.3 Å². The predicted octanol–water partition coefficient (Wildman–Crippen LogP) is 22.2. The van der Waals surface area contributed by atoms with Crippen molar-refractivity contribution in [1.29, 1.82) is 0 Å². The van der Waals surface area contributed by atoms with Crippen LogP contribution in [0.2, 0.25) is 0 Å². The summed E-state index contributed by atoms with van der Waals surface area (Å²) < 4.78 is 68.4. The van der Waals surface area contributed by atoms with E-state index in [4.69, 9.17) is 37.0 Å². The minimum atomic E-state index is -4.97. The number of phosphoric ester groups is 2. The third-order valence-electron chi connectivity index (χ3n) is 16.3. The third-order valence-corrected chi connectivity index (χ3v) is 18.2. The summed E-state index contributed by atoms with van der Waals surface area (Å²) in [6.45, 7) is 4.69. The second-order valence-electron chi connectivity index (χ2n) is 25.9. The van der Waals surface area contributed by atoms with Gasteiger partial charge in [-0.2, -0.15) is 0 Å². The summed E-state index contributed by atoms with van der Waals surface area (Å²) in [6, 6.07) is 0. The smallest absolute Gasteiger partial charge is 0.462 e. The molecule has 0 aliphatic heterocycles. The van der Waals surface area contributed by atoms with E-state index in [1.807, 2.05) is 0 Å². The lowest BCUT2D eigenvalue weighted by Gasteiger charge is -2.21. The van der Waals surface area contributed by atoms with E-state index in [0.717, 1.165) is 186 Å². The molecule has 568 valence electrons. The van der Waals surface area contributed by atoms with Crippen molar-refractivity contribution in [3.63, 3.8) is 0 Å². The van der Waals surface area contributed by atoms with Crippen LogP contribution in [0.5, 0.6) is 0 Å². The molecule has 0 heterocycles. The van der Waals surface area contributed by atoms with Gasteiger partial charge in [0.2, 0.25) is 0 Å². The number of unbranched alkanes of at least 4 members (excludes halogenated alkanes) is 33. The Labute approximate surface area is 595 Å². The van der Waals surface area contributed by atoms with Crippen LogP contribution in [-0.2, 0) is 65.4 Å². The Morgan fingerprint density at radius 2 is 0.541 bits per heavy atom. The number of hydrogen-bond acceptors (Lipinski definition) is 15. The van der Waals surface area contributed by atoms with E-state index in [0.29, 0.717) is 25.7 Å². The molecule has 5 unspecified atom stereocenters. The van der Waals surface area contributed by atoms with E-state index >= 15 is 0 Å². The van der Waals surface area contributed by atoms with Gasteiger partial charge in [0, 0.05) is 25.7 Å². The number of esters is 4. The molecule has 0 aliphatic rings. The first-order valence-corrected chi connectivity index (χ1v) is 41.8. The fraction of sp³-hybridized carbons (Fsp3) is 0.772. The standard InChI is InChI=1S/C79H140O17P2/c1-5-9-13-17-21-25-29-31-33-35-36-38-40-42-46-48-52-56-60-64-77(82)90-70-75(96-79(84)66-62-58-54-50-44-28-24-20-16-12-8-4)72-94-98(87,88)92-68-73(80)67-91-97(85,86)93-71-74(95-78(83)65-61-57-53-49-43-27-23-19-15-11-7-3)69-89-76(81)63-59-55-51-47-45-41-39-37-34-32-30-26-22-18-14-10-6-2/h10,14,19,21-23,25-26,31-34,36,38,73-75,80H,5-9,11-13,15-18,20,24,27-30,35,37,39-72H2,1-4H3,(H,85,86)(H,87,88)/b14-10-,23-19-,25-21-,26-22-,33-31-,34-32-,38-36-. The molecule has 0 bridgehead atoms. The Hall–Kier alpha value is -3.76. The Bertz CT molecular complexity index is 2190. The zero-order valence-corrected chi connectivity index (χ0v) is 63.7. The van der Waals surface area contributed by atoms with Crippen molar-refractivity contribution in [3.8, 4) is 0 Å². The molecule has 17 nitrogen and oxygen atoms in total. The van der Waals surface area contributed by atoms with Crippen LogP contribution in [0.25, 0.3) is 0 Å². The van der Waals surface area contributed by atoms with Crippen molar-refractivity contribution < 1.29 is 80.2 Å². The maximum absolute atomic E-state index is 13.1. The summed E-state index contributed by atoms with van der Waals surface area (Å²) in [5.41, 5.74) is 0. The first-order valence-electron chi connectivity index (χ1n) is 38.8. The van der Waals surface area contributed by atoms with Gasteiger partial charge in [0.05, 0.1) is 26.4 Å². The summed E-state index contributed by atoms with van der Waals surface area (Å²) >= 11 is 0. The molecular formula is C79H140O17P2. The van der Waals surface area contributed by atoms with Gasteiger partial charge in [0.1, 0.15) is 19.3 Å². The molecule has 0 aromatic carbocycles. The highest BCUT2D eigenvalue weighted by Crippen LogP contribution is 2.45. The van der Waals surface area contributed by atoms with Crippen molar-refractivity contribution in [3.05, 3.63) is 85.1 Å². The minimum absolute atomic E-state index is 0.0836. The lowest BCUT2D eigenvalue weighted by atomic mass is 10.1. The fourth-order valence-corrected chi connectivity index (χ4v) is 12.0. The number of allylic oxidation sites excluding steroid dienone is 14. The number of rotatable bonds is 73. The van der Waals surface area contributed by atoms with Crippen LogP contribution in [-0.4, -0.2) is 96.7 Å². The summed E-state index contributed by atoms with van der Waals surface area (Å²) in [7, 11) is -9.94. The molecule has 0 rings (SSSR count). The van der Waals surface area contributed by atoms with Crippen molar-refractivity contribution >= 4 is 39.5 Å². The van der Waals surface area contributed by atoms with Crippen molar-refractivity contribution in [2.24, 2.45) is 0 Å². The third kappa shape index (κ3) is 70.7. The zero-order valence-electron chi connectivity index (χ0n) is 62.0. The van der Waals surface area contributed by atoms with Gasteiger partial charge in [0.15, 0.2) is 12.2 Å². The van der Waals surface area contributed by atoms with Crippen molar-refractivity contribution in [2.45, 2.75) is 354 Å². The van der Waals surface area contributed by atoms with E-state index in [9.17, 15) is 43.2 Å². The van der Waals surface area contributed by atoms with Crippen LogP contribution in [0, 0.1) is 0 Å². The highest BCUT2D eigenvalue weighted by molar-refractivity contribution is 7.47. The predicted molar refractivity (Wildman–Crippen MR) is 399 cm³/mol. The summed E-state index contributed by atoms with van der Waals surface area (Å²) in [5, 5.41) is 10.6. The normalized spacial score (nSPS) is 14.4. The molecule has 98 heavy (non-hydrogen) atoms. The molecule has 0 aromatic rings. The van der Waals surface area contributed by atoms with Crippen molar-refractivity contribution in [1.82, 2.24) is 0 Å². The molecule has 0 aromatic heterocycles. The highest BCUT2D eigenvalue weighted by Gasteiger charge is 2.30. The molecule has 5 atom stereocenters. The molecule has 0 amide bonds. The van der Waals surface area contributed by atoms with Gasteiger partial charge in [-0.15, -0.1) is 0 Å². The number of hydrogen-bond donors (Lipinski definition) is 3. The van der Waals surface area contributed by atoms with Gasteiger partial charge in [-0.05, 0) is 116 Å². The molecule has 0 spiro atoms. The number of phosphoric acid groups is 2. The average Bonchev–Trinajstić information content (AvgIpc) is 0.983.